The van der Waals surface area contributed by atoms with E-state index in [2.05, 4.69) is 15.6 Å². The summed E-state index contributed by atoms with van der Waals surface area (Å²) in [4.78, 5) is 20.1. The van der Waals surface area contributed by atoms with Crippen LogP contribution in [0.2, 0.25) is 0 Å². The lowest BCUT2D eigenvalue weighted by Gasteiger charge is -2.32. The van der Waals surface area contributed by atoms with Crippen LogP contribution in [0.4, 0.5) is 14.9 Å². The Morgan fingerprint density at radius 1 is 1.30 bits per heavy atom. The Morgan fingerprint density at radius 3 is 2.63 bits per heavy atom. The molecule has 1 aliphatic rings. The maximum Gasteiger partial charge on any atom is 0.409 e. The van der Waals surface area contributed by atoms with Crippen molar-refractivity contribution in [3.63, 3.8) is 0 Å². The van der Waals surface area contributed by atoms with Crippen molar-refractivity contribution in [3.05, 3.63) is 30.1 Å². The summed E-state index contributed by atoms with van der Waals surface area (Å²) in [6.45, 7) is 7.78. The summed E-state index contributed by atoms with van der Waals surface area (Å²) in [5.74, 6) is 0.582. The van der Waals surface area contributed by atoms with E-state index >= 15 is 0 Å². The number of guanidine groups is 1. The number of rotatable bonds is 8. The molecule has 1 amide bonds. The van der Waals surface area contributed by atoms with Gasteiger partial charge < -0.3 is 25.2 Å². The van der Waals surface area contributed by atoms with Gasteiger partial charge in [-0.05, 0) is 45.2 Å². The van der Waals surface area contributed by atoms with E-state index in [1.165, 1.54) is 6.07 Å². The van der Waals surface area contributed by atoms with Gasteiger partial charge in [0.15, 0.2) is 5.96 Å². The summed E-state index contributed by atoms with van der Waals surface area (Å²) in [6.07, 6.45) is 2.31. The van der Waals surface area contributed by atoms with Crippen LogP contribution in [0.15, 0.2) is 29.3 Å². The molecule has 1 saturated heterocycles. The number of halogens is 2. The number of benzene rings is 1. The van der Waals surface area contributed by atoms with Crippen molar-refractivity contribution in [1.82, 2.24) is 15.5 Å². The molecule has 170 valence electrons. The first kappa shape index (κ1) is 26.3. The predicted molar refractivity (Wildman–Crippen MR) is 130 cm³/mol. The highest BCUT2D eigenvalue weighted by atomic mass is 127. The second-order valence-electron chi connectivity index (χ2n) is 7.09. The van der Waals surface area contributed by atoms with Crippen LogP contribution in [0.1, 0.15) is 33.1 Å². The van der Waals surface area contributed by atoms with E-state index in [1.54, 1.807) is 17.0 Å². The van der Waals surface area contributed by atoms with E-state index in [4.69, 9.17) is 4.74 Å². The van der Waals surface area contributed by atoms with Crippen LogP contribution >= 0.6 is 24.0 Å². The van der Waals surface area contributed by atoms with Crippen molar-refractivity contribution >= 4 is 41.7 Å². The Morgan fingerprint density at radius 2 is 2.00 bits per heavy atom. The Hall–Kier alpha value is -1.78. The third-order valence-electron chi connectivity index (χ3n) is 4.89. The quantitative estimate of drug-likeness (QED) is 0.231. The van der Waals surface area contributed by atoms with Crippen molar-refractivity contribution in [1.29, 1.82) is 0 Å². The van der Waals surface area contributed by atoms with Gasteiger partial charge in [-0.25, -0.2) is 9.18 Å². The molecule has 30 heavy (non-hydrogen) atoms. The molecule has 0 aliphatic carbocycles. The number of nitrogens with zero attached hydrogens (tertiary/aromatic N) is 3. The van der Waals surface area contributed by atoms with Gasteiger partial charge in [0.2, 0.25) is 0 Å². The zero-order valence-corrected chi connectivity index (χ0v) is 20.5. The first-order valence-electron chi connectivity index (χ1n) is 10.5. The summed E-state index contributed by atoms with van der Waals surface area (Å²) >= 11 is 0. The molecular formula is C21H35FIN5O2. The molecule has 2 rings (SSSR count). The minimum atomic E-state index is -0.231. The smallest absolute Gasteiger partial charge is 0.409 e. The molecule has 0 saturated carbocycles. The molecule has 0 atom stereocenters. The van der Waals surface area contributed by atoms with Gasteiger partial charge in [-0.1, -0.05) is 12.1 Å². The van der Waals surface area contributed by atoms with Crippen LogP contribution in [0.3, 0.4) is 0 Å². The topological polar surface area (TPSA) is 69.2 Å². The molecule has 0 unspecified atom stereocenters. The maximum atomic E-state index is 13.8. The maximum absolute atomic E-state index is 13.8. The first-order valence-corrected chi connectivity index (χ1v) is 10.5. The Balaban J connectivity index is 0.00000450. The molecule has 1 aromatic rings. The lowest BCUT2D eigenvalue weighted by molar-refractivity contribution is 0.0963. The first-order chi connectivity index (χ1) is 14.0. The molecule has 7 nitrogen and oxygen atoms in total. The highest BCUT2D eigenvalue weighted by Crippen LogP contribution is 2.17. The molecule has 1 heterocycles. The summed E-state index contributed by atoms with van der Waals surface area (Å²) < 4.78 is 18.9. The van der Waals surface area contributed by atoms with Gasteiger partial charge in [-0.15, -0.1) is 24.0 Å². The fraction of sp³-hybridized carbons (Fsp3) is 0.619. The molecule has 0 radical (unpaired) electrons. The lowest BCUT2D eigenvalue weighted by atomic mass is 10.1. The van der Waals surface area contributed by atoms with E-state index < -0.39 is 0 Å². The number of para-hydroxylation sites is 1. The minimum absolute atomic E-state index is 0. The molecule has 1 aliphatic heterocycles. The molecular weight excluding hydrogens is 500 g/mol. The molecule has 2 N–H and O–H groups in total. The Kier molecular flexibility index (Phi) is 12.5. The Bertz CT molecular complexity index is 669. The van der Waals surface area contributed by atoms with E-state index in [9.17, 15) is 9.18 Å². The average molecular weight is 535 g/mol. The van der Waals surface area contributed by atoms with Crippen molar-refractivity contribution in [2.24, 2.45) is 4.99 Å². The predicted octanol–water partition coefficient (Wildman–Crippen LogP) is 3.45. The standard InChI is InChI=1S/C21H34FN5O2.HI/c1-4-23-20(25-17-11-15-27(16-12-17)21(28)29-5-2)24-13-8-14-26(3)19-10-7-6-9-18(19)22;/h6-7,9-10,17H,4-5,8,11-16H2,1-3H3,(H2,23,24,25);1H. The zero-order chi connectivity index (χ0) is 21.1. The number of carbonyl (C=O) groups excluding carboxylic acids is 1. The van der Waals surface area contributed by atoms with Gasteiger partial charge in [0, 0.05) is 45.8 Å². The third-order valence-corrected chi connectivity index (χ3v) is 4.89. The fourth-order valence-corrected chi connectivity index (χ4v) is 3.32. The number of anilines is 1. The summed E-state index contributed by atoms with van der Waals surface area (Å²) in [5, 5.41) is 6.74. The molecule has 0 bridgehead atoms. The van der Waals surface area contributed by atoms with Crippen LogP contribution in [0.5, 0.6) is 0 Å². The number of piperidine rings is 1. The number of carbonyl (C=O) groups is 1. The fourth-order valence-electron chi connectivity index (χ4n) is 3.32. The highest BCUT2D eigenvalue weighted by molar-refractivity contribution is 14.0. The van der Waals surface area contributed by atoms with Crippen molar-refractivity contribution < 1.29 is 13.9 Å². The molecule has 0 spiro atoms. The number of ether oxygens (including phenoxy) is 1. The molecule has 1 fully saturated rings. The van der Waals surface area contributed by atoms with Crippen molar-refractivity contribution in [2.75, 3.05) is 51.3 Å². The number of hydrogen-bond donors (Lipinski definition) is 2. The monoisotopic (exact) mass is 535 g/mol. The molecule has 1 aromatic carbocycles. The summed E-state index contributed by atoms with van der Waals surface area (Å²) in [6, 6.07) is 7.08. The van der Waals surface area contributed by atoms with E-state index in [0.29, 0.717) is 31.9 Å². The number of likely N-dealkylation sites (tertiary alicyclic amines) is 1. The minimum Gasteiger partial charge on any atom is -0.450 e. The number of aliphatic imine (C=N–C) groups is 1. The van der Waals surface area contributed by atoms with Gasteiger partial charge in [0.05, 0.1) is 12.3 Å². The summed E-state index contributed by atoms with van der Waals surface area (Å²) in [7, 11) is 1.89. The van der Waals surface area contributed by atoms with Gasteiger partial charge in [-0.3, -0.25) is 4.99 Å². The van der Waals surface area contributed by atoms with E-state index in [0.717, 1.165) is 38.3 Å². The lowest BCUT2D eigenvalue weighted by Crippen LogP contribution is -2.50. The van der Waals surface area contributed by atoms with Crippen LogP contribution < -0.4 is 15.5 Å². The van der Waals surface area contributed by atoms with Crippen LogP contribution in [0, 0.1) is 5.82 Å². The van der Waals surface area contributed by atoms with Gasteiger partial charge >= 0.3 is 6.09 Å². The van der Waals surface area contributed by atoms with Gasteiger partial charge in [0.25, 0.3) is 0 Å². The second kappa shape index (κ2) is 14.3. The highest BCUT2D eigenvalue weighted by Gasteiger charge is 2.24. The van der Waals surface area contributed by atoms with Crippen LogP contribution in [-0.4, -0.2) is 69.4 Å². The normalized spacial score (nSPS) is 14.7. The van der Waals surface area contributed by atoms with E-state index in [1.807, 2.05) is 31.9 Å². The second-order valence-corrected chi connectivity index (χ2v) is 7.09. The van der Waals surface area contributed by atoms with Crippen LogP contribution in [0.25, 0.3) is 0 Å². The largest absolute Gasteiger partial charge is 0.450 e. The number of hydrogen-bond acceptors (Lipinski definition) is 4. The Labute approximate surface area is 196 Å². The number of amides is 1. The SMILES string of the molecule is CCNC(=NCCCN(C)c1ccccc1F)NC1CCN(C(=O)OCC)CC1.I. The summed E-state index contributed by atoms with van der Waals surface area (Å²) in [5.41, 5.74) is 0.606. The average Bonchev–Trinajstić information content (AvgIpc) is 2.72. The third kappa shape index (κ3) is 8.53. The van der Waals surface area contributed by atoms with Crippen LogP contribution in [-0.2, 0) is 4.74 Å². The van der Waals surface area contributed by atoms with Gasteiger partial charge in [0.1, 0.15) is 5.82 Å². The number of nitrogens with one attached hydrogen (secondary N) is 2. The zero-order valence-electron chi connectivity index (χ0n) is 18.2. The molecule has 9 heteroatoms. The van der Waals surface area contributed by atoms with E-state index in [-0.39, 0.29) is 41.9 Å². The van der Waals surface area contributed by atoms with Crippen molar-refractivity contribution in [3.8, 4) is 0 Å². The molecule has 0 aromatic heterocycles. The van der Waals surface area contributed by atoms with Gasteiger partial charge in [-0.2, -0.15) is 0 Å². The van der Waals surface area contributed by atoms with Crippen molar-refractivity contribution in [2.45, 2.75) is 39.2 Å².